The SMILES string of the molecule is [O-][S+]1C=CCN1CO. The second-order valence-electron chi connectivity index (χ2n) is 1.45. The van der Waals surface area contributed by atoms with Crippen molar-refractivity contribution in [2.45, 2.75) is 0 Å². The highest BCUT2D eigenvalue weighted by molar-refractivity contribution is 7.92. The molecule has 1 atom stereocenters. The van der Waals surface area contributed by atoms with Crippen molar-refractivity contribution < 1.29 is 9.66 Å². The largest absolute Gasteiger partial charge is 0.593 e. The van der Waals surface area contributed by atoms with E-state index in [2.05, 4.69) is 0 Å². The molecule has 0 bridgehead atoms. The molecule has 0 aromatic heterocycles. The van der Waals surface area contributed by atoms with Crippen molar-refractivity contribution >= 4 is 11.4 Å². The molecule has 1 rings (SSSR count). The van der Waals surface area contributed by atoms with Crippen LogP contribution in [0.3, 0.4) is 0 Å². The number of hydrogen-bond acceptors (Lipinski definition) is 3. The first-order valence-corrected chi connectivity index (χ1v) is 3.45. The van der Waals surface area contributed by atoms with Gasteiger partial charge in [0.05, 0.1) is 17.9 Å². The molecule has 46 valence electrons. The minimum atomic E-state index is -1.06. The second-order valence-corrected chi connectivity index (χ2v) is 2.79. The van der Waals surface area contributed by atoms with Crippen LogP contribution in [0.25, 0.3) is 0 Å². The smallest absolute Gasteiger partial charge is 0.139 e. The molecule has 0 fully saturated rings. The topological polar surface area (TPSA) is 46.5 Å². The lowest BCUT2D eigenvalue weighted by Crippen LogP contribution is -2.25. The van der Waals surface area contributed by atoms with Gasteiger partial charge in [-0.25, -0.2) is 0 Å². The van der Waals surface area contributed by atoms with Crippen LogP contribution in [-0.4, -0.2) is 27.2 Å². The monoisotopic (exact) mass is 133 g/mol. The van der Waals surface area contributed by atoms with Crippen LogP contribution in [0, 0.1) is 0 Å². The Hall–Kier alpha value is -0.0300. The summed E-state index contributed by atoms with van der Waals surface area (Å²) in [6.07, 6.45) is 1.77. The van der Waals surface area contributed by atoms with Gasteiger partial charge in [-0.05, 0) is 6.08 Å². The normalized spacial score (nSPS) is 29.5. The van der Waals surface area contributed by atoms with Crippen molar-refractivity contribution in [1.29, 1.82) is 0 Å². The van der Waals surface area contributed by atoms with Gasteiger partial charge in [-0.15, -0.1) is 0 Å². The Labute approximate surface area is 50.9 Å². The third kappa shape index (κ3) is 1.03. The Morgan fingerprint density at radius 2 is 2.62 bits per heavy atom. The molecular weight excluding hydrogens is 126 g/mol. The molecule has 3 nitrogen and oxygen atoms in total. The number of aliphatic hydroxyl groups is 1. The Bertz CT molecular complexity index is 106. The Morgan fingerprint density at radius 3 is 2.88 bits per heavy atom. The van der Waals surface area contributed by atoms with Crippen molar-refractivity contribution in [2.75, 3.05) is 13.3 Å². The van der Waals surface area contributed by atoms with Gasteiger partial charge in [0, 0.05) is 0 Å². The molecule has 0 aliphatic carbocycles. The van der Waals surface area contributed by atoms with Gasteiger partial charge in [-0.1, -0.05) is 4.31 Å². The van der Waals surface area contributed by atoms with E-state index in [0.717, 1.165) is 0 Å². The summed E-state index contributed by atoms with van der Waals surface area (Å²) in [6.45, 7) is 0.475. The number of hydrogen-bond donors (Lipinski definition) is 1. The Morgan fingerprint density at radius 1 is 1.88 bits per heavy atom. The summed E-state index contributed by atoms with van der Waals surface area (Å²) in [6, 6.07) is 0. The molecular formula is C4H7NO2S. The van der Waals surface area contributed by atoms with E-state index in [1.165, 1.54) is 4.31 Å². The molecule has 0 aromatic carbocycles. The minimum Gasteiger partial charge on any atom is -0.593 e. The molecule has 1 aliphatic heterocycles. The third-order valence-electron chi connectivity index (χ3n) is 0.934. The molecule has 0 amide bonds. The fourth-order valence-corrected chi connectivity index (χ4v) is 1.29. The van der Waals surface area contributed by atoms with Gasteiger partial charge in [0.15, 0.2) is 0 Å². The summed E-state index contributed by atoms with van der Waals surface area (Å²) in [4.78, 5) is 0. The lowest BCUT2D eigenvalue weighted by molar-refractivity contribution is 0.192. The van der Waals surface area contributed by atoms with Crippen LogP contribution in [0.2, 0.25) is 0 Å². The van der Waals surface area contributed by atoms with Crippen molar-refractivity contribution in [3.63, 3.8) is 0 Å². The first kappa shape index (κ1) is 6.10. The Kier molecular flexibility index (Phi) is 1.90. The molecule has 1 unspecified atom stereocenters. The first-order valence-electron chi connectivity index (χ1n) is 2.28. The van der Waals surface area contributed by atoms with Crippen LogP contribution >= 0.6 is 0 Å². The standard InChI is InChI=1S/C4H7NO2S/c6-4-5-2-1-3-8(5)7/h1,3,6H,2,4H2. The molecule has 1 N–H and O–H groups in total. The maximum absolute atomic E-state index is 10.6. The molecule has 0 radical (unpaired) electrons. The molecule has 4 heteroatoms. The highest BCUT2D eigenvalue weighted by Gasteiger charge is 2.19. The van der Waals surface area contributed by atoms with E-state index < -0.39 is 11.4 Å². The van der Waals surface area contributed by atoms with E-state index in [4.69, 9.17) is 5.11 Å². The maximum Gasteiger partial charge on any atom is 0.139 e. The number of rotatable bonds is 1. The quantitative estimate of drug-likeness (QED) is 0.487. The molecule has 0 aromatic rings. The predicted molar refractivity (Wildman–Crippen MR) is 31.1 cm³/mol. The highest BCUT2D eigenvalue weighted by Crippen LogP contribution is 2.08. The van der Waals surface area contributed by atoms with Gasteiger partial charge in [-0.3, -0.25) is 0 Å². The number of aliphatic hydroxyl groups excluding tert-OH is 1. The molecule has 8 heavy (non-hydrogen) atoms. The molecule has 1 heterocycles. The zero-order chi connectivity index (χ0) is 5.98. The van der Waals surface area contributed by atoms with Gasteiger partial charge in [0.2, 0.25) is 0 Å². The highest BCUT2D eigenvalue weighted by atomic mass is 32.2. The average molecular weight is 133 g/mol. The van der Waals surface area contributed by atoms with Gasteiger partial charge >= 0.3 is 0 Å². The van der Waals surface area contributed by atoms with Gasteiger partial charge in [0.25, 0.3) is 0 Å². The van der Waals surface area contributed by atoms with Gasteiger partial charge in [-0.2, -0.15) is 0 Å². The molecule has 0 saturated heterocycles. The Balaban J connectivity index is 2.38. The maximum atomic E-state index is 10.6. The fourth-order valence-electron chi connectivity index (χ4n) is 0.517. The van der Waals surface area contributed by atoms with Crippen LogP contribution in [-0.2, 0) is 11.4 Å². The van der Waals surface area contributed by atoms with Crippen molar-refractivity contribution in [3.05, 3.63) is 11.5 Å². The summed E-state index contributed by atoms with van der Waals surface area (Å²) < 4.78 is 12.0. The lowest BCUT2D eigenvalue weighted by atomic mass is 10.6. The lowest BCUT2D eigenvalue weighted by Gasteiger charge is -2.10. The first-order chi connectivity index (χ1) is 3.84. The zero-order valence-electron chi connectivity index (χ0n) is 4.28. The average Bonchev–Trinajstić information content (AvgIpc) is 2.14. The summed E-state index contributed by atoms with van der Waals surface area (Å²) in [7, 11) is 0. The van der Waals surface area contributed by atoms with E-state index in [1.54, 1.807) is 11.5 Å². The van der Waals surface area contributed by atoms with Crippen molar-refractivity contribution in [2.24, 2.45) is 0 Å². The summed E-state index contributed by atoms with van der Waals surface area (Å²) in [5.74, 6) is 0. The van der Waals surface area contributed by atoms with Crippen molar-refractivity contribution in [3.8, 4) is 0 Å². The van der Waals surface area contributed by atoms with E-state index in [9.17, 15) is 4.55 Å². The fraction of sp³-hybridized carbons (Fsp3) is 0.500. The molecule has 0 spiro atoms. The third-order valence-corrected chi connectivity index (χ3v) is 2.13. The molecule has 0 saturated carbocycles. The molecule has 1 aliphatic rings. The van der Waals surface area contributed by atoms with E-state index in [-0.39, 0.29) is 6.73 Å². The van der Waals surface area contributed by atoms with Gasteiger partial charge < -0.3 is 9.66 Å². The van der Waals surface area contributed by atoms with Crippen LogP contribution in [0.1, 0.15) is 0 Å². The van der Waals surface area contributed by atoms with E-state index in [1.807, 2.05) is 0 Å². The predicted octanol–water partition coefficient (Wildman–Crippen LogP) is -0.571. The van der Waals surface area contributed by atoms with Crippen LogP contribution in [0.5, 0.6) is 0 Å². The zero-order valence-corrected chi connectivity index (χ0v) is 5.10. The van der Waals surface area contributed by atoms with Gasteiger partial charge in [0.1, 0.15) is 12.1 Å². The summed E-state index contributed by atoms with van der Waals surface area (Å²) >= 11 is -1.06. The minimum absolute atomic E-state index is 0.125. The van der Waals surface area contributed by atoms with Crippen LogP contribution in [0.4, 0.5) is 0 Å². The summed E-state index contributed by atoms with van der Waals surface area (Å²) in [5, 5.41) is 9.99. The second kappa shape index (κ2) is 2.50. The van der Waals surface area contributed by atoms with Crippen LogP contribution < -0.4 is 0 Å². The van der Waals surface area contributed by atoms with Crippen LogP contribution in [0.15, 0.2) is 11.5 Å². The van der Waals surface area contributed by atoms with E-state index >= 15 is 0 Å². The summed E-state index contributed by atoms with van der Waals surface area (Å²) in [5.41, 5.74) is 0. The van der Waals surface area contributed by atoms with E-state index in [0.29, 0.717) is 6.54 Å². The number of nitrogens with zero attached hydrogens (tertiary/aromatic N) is 1. The van der Waals surface area contributed by atoms with Crippen molar-refractivity contribution in [1.82, 2.24) is 4.31 Å².